The highest BCUT2D eigenvalue weighted by Gasteiger charge is 2.28. The lowest BCUT2D eigenvalue weighted by Gasteiger charge is -2.18. The lowest BCUT2D eigenvalue weighted by atomic mass is 9.92. The van der Waals surface area contributed by atoms with Crippen LogP contribution in [0.15, 0.2) is 11.4 Å². The normalized spacial score (nSPS) is 28.2. The van der Waals surface area contributed by atoms with E-state index in [1.807, 2.05) is 11.3 Å². The van der Waals surface area contributed by atoms with Crippen LogP contribution in [0.25, 0.3) is 0 Å². The molecule has 1 saturated carbocycles. The maximum absolute atomic E-state index is 6.34. The van der Waals surface area contributed by atoms with Crippen LogP contribution in [0, 0.1) is 18.8 Å². The van der Waals surface area contributed by atoms with Crippen molar-refractivity contribution in [3.05, 3.63) is 21.9 Å². The summed E-state index contributed by atoms with van der Waals surface area (Å²) in [6.45, 7) is 4.46. The predicted molar refractivity (Wildman–Crippen MR) is 67.1 cm³/mol. The number of nitrogens with two attached hydrogens (primary N) is 1. The van der Waals surface area contributed by atoms with E-state index < -0.39 is 0 Å². The molecule has 0 spiro atoms. The summed E-state index contributed by atoms with van der Waals surface area (Å²) in [5, 5.41) is 2.24. The van der Waals surface area contributed by atoms with E-state index in [0.29, 0.717) is 0 Å². The van der Waals surface area contributed by atoms with Crippen molar-refractivity contribution in [1.82, 2.24) is 0 Å². The molecular weight excluding hydrogens is 202 g/mol. The van der Waals surface area contributed by atoms with Gasteiger partial charge in [-0.25, -0.2) is 0 Å². The highest BCUT2D eigenvalue weighted by molar-refractivity contribution is 7.10. The molecule has 0 radical (unpaired) electrons. The summed E-state index contributed by atoms with van der Waals surface area (Å²) in [7, 11) is 0. The molecular formula is C13H21NS. The van der Waals surface area contributed by atoms with E-state index in [0.717, 1.165) is 11.8 Å². The van der Waals surface area contributed by atoms with E-state index >= 15 is 0 Å². The van der Waals surface area contributed by atoms with Gasteiger partial charge in [0, 0.05) is 10.9 Å². The molecule has 1 heterocycles. The molecule has 1 aromatic rings. The third-order valence-electron chi connectivity index (χ3n) is 3.80. The molecule has 3 atom stereocenters. The van der Waals surface area contributed by atoms with Crippen molar-refractivity contribution in [3.8, 4) is 0 Å². The molecule has 2 heteroatoms. The fourth-order valence-electron chi connectivity index (χ4n) is 2.72. The molecule has 0 aliphatic heterocycles. The van der Waals surface area contributed by atoms with Crippen molar-refractivity contribution < 1.29 is 0 Å². The monoisotopic (exact) mass is 223 g/mol. The zero-order valence-electron chi connectivity index (χ0n) is 9.70. The predicted octanol–water partition coefficient (Wildman–Crippen LogP) is 3.88. The Morgan fingerprint density at radius 2 is 2.33 bits per heavy atom. The molecule has 84 valence electrons. The number of hydrogen-bond donors (Lipinski definition) is 1. The highest BCUT2D eigenvalue weighted by Crippen LogP contribution is 2.39. The van der Waals surface area contributed by atoms with Gasteiger partial charge in [0.1, 0.15) is 0 Å². The van der Waals surface area contributed by atoms with Crippen LogP contribution in [-0.2, 0) is 0 Å². The largest absolute Gasteiger partial charge is 0.324 e. The van der Waals surface area contributed by atoms with Gasteiger partial charge in [-0.3, -0.25) is 0 Å². The van der Waals surface area contributed by atoms with Gasteiger partial charge in [-0.15, -0.1) is 11.3 Å². The topological polar surface area (TPSA) is 26.0 Å². The molecule has 2 rings (SSSR count). The smallest absolute Gasteiger partial charge is 0.0332 e. The summed E-state index contributed by atoms with van der Waals surface area (Å²) in [6.07, 6.45) is 5.38. The van der Waals surface area contributed by atoms with Crippen molar-refractivity contribution in [1.29, 1.82) is 0 Å². The molecule has 0 saturated heterocycles. The minimum atomic E-state index is 0.284. The van der Waals surface area contributed by atoms with Gasteiger partial charge in [0.2, 0.25) is 0 Å². The molecule has 0 aromatic carbocycles. The van der Waals surface area contributed by atoms with E-state index in [4.69, 9.17) is 5.73 Å². The lowest BCUT2D eigenvalue weighted by molar-refractivity contribution is 0.417. The van der Waals surface area contributed by atoms with Crippen LogP contribution in [-0.4, -0.2) is 0 Å². The Morgan fingerprint density at radius 3 is 2.87 bits per heavy atom. The quantitative estimate of drug-likeness (QED) is 0.826. The van der Waals surface area contributed by atoms with Crippen molar-refractivity contribution in [2.24, 2.45) is 17.6 Å². The Balaban J connectivity index is 2.00. The average molecular weight is 223 g/mol. The van der Waals surface area contributed by atoms with Crippen LogP contribution in [0.5, 0.6) is 0 Å². The van der Waals surface area contributed by atoms with Gasteiger partial charge in [-0.2, -0.15) is 0 Å². The van der Waals surface area contributed by atoms with E-state index in [1.165, 1.54) is 36.1 Å². The molecule has 1 nitrogen and oxygen atoms in total. The maximum atomic E-state index is 6.34. The number of aryl methyl sites for hydroxylation is 1. The molecule has 3 unspecified atom stereocenters. The van der Waals surface area contributed by atoms with Gasteiger partial charge in [-0.05, 0) is 48.6 Å². The van der Waals surface area contributed by atoms with Gasteiger partial charge < -0.3 is 5.73 Å². The molecule has 2 N–H and O–H groups in total. The van der Waals surface area contributed by atoms with E-state index in [1.54, 1.807) is 0 Å². The summed E-state index contributed by atoms with van der Waals surface area (Å²) >= 11 is 1.82. The van der Waals surface area contributed by atoms with Crippen molar-refractivity contribution in [2.75, 3.05) is 0 Å². The Kier molecular flexibility index (Phi) is 3.47. The average Bonchev–Trinajstić information content (AvgIpc) is 2.84. The van der Waals surface area contributed by atoms with Crippen LogP contribution in [0.2, 0.25) is 0 Å². The van der Waals surface area contributed by atoms with Gasteiger partial charge >= 0.3 is 0 Å². The maximum Gasteiger partial charge on any atom is 0.0332 e. The number of thiophene rings is 1. The Bertz CT molecular complexity index is 318. The second-order valence-electron chi connectivity index (χ2n) is 4.86. The summed E-state index contributed by atoms with van der Waals surface area (Å²) in [4.78, 5) is 1.38. The van der Waals surface area contributed by atoms with Crippen LogP contribution in [0.1, 0.15) is 49.1 Å². The summed E-state index contributed by atoms with van der Waals surface area (Å²) in [5.41, 5.74) is 7.70. The Morgan fingerprint density at radius 1 is 1.53 bits per heavy atom. The van der Waals surface area contributed by atoms with Crippen LogP contribution in [0.4, 0.5) is 0 Å². The van der Waals surface area contributed by atoms with Crippen LogP contribution < -0.4 is 5.73 Å². The third-order valence-corrected chi connectivity index (χ3v) is 4.68. The van der Waals surface area contributed by atoms with Gasteiger partial charge in [0.25, 0.3) is 0 Å². The molecule has 1 aliphatic carbocycles. The fourth-order valence-corrected chi connectivity index (χ4v) is 3.47. The second kappa shape index (κ2) is 4.67. The van der Waals surface area contributed by atoms with E-state index in [-0.39, 0.29) is 6.04 Å². The molecule has 15 heavy (non-hydrogen) atoms. The molecule has 1 fully saturated rings. The van der Waals surface area contributed by atoms with Gasteiger partial charge in [0.05, 0.1) is 0 Å². The zero-order valence-corrected chi connectivity index (χ0v) is 10.5. The summed E-state index contributed by atoms with van der Waals surface area (Å²) in [5.74, 6) is 1.66. The molecule has 0 amide bonds. The van der Waals surface area contributed by atoms with Crippen molar-refractivity contribution >= 4 is 11.3 Å². The third kappa shape index (κ3) is 2.43. The van der Waals surface area contributed by atoms with Crippen molar-refractivity contribution in [3.63, 3.8) is 0 Å². The Labute approximate surface area is 96.7 Å². The van der Waals surface area contributed by atoms with Crippen molar-refractivity contribution in [2.45, 2.75) is 45.6 Å². The lowest BCUT2D eigenvalue weighted by Crippen LogP contribution is -2.18. The summed E-state index contributed by atoms with van der Waals surface area (Å²) < 4.78 is 0. The standard InChI is InChI=1S/C13H21NS/c1-3-10-4-5-11(7-10)13(14)12-6-9(2)15-8-12/h6,8,10-11,13H,3-5,7,14H2,1-2H3. The Hall–Kier alpha value is -0.340. The number of rotatable bonds is 3. The van der Waals surface area contributed by atoms with Gasteiger partial charge in [-0.1, -0.05) is 19.8 Å². The summed E-state index contributed by atoms with van der Waals surface area (Å²) in [6, 6.07) is 2.54. The van der Waals surface area contributed by atoms with Crippen LogP contribution >= 0.6 is 11.3 Å². The van der Waals surface area contributed by atoms with E-state index in [9.17, 15) is 0 Å². The molecule has 0 bridgehead atoms. The molecule has 1 aliphatic rings. The SMILES string of the molecule is CCC1CCC(C(N)c2csc(C)c2)C1. The number of hydrogen-bond acceptors (Lipinski definition) is 2. The minimum Gasteiger partial charge on any atom is -0.324 e. The highest BCUT2D eigenvalue weighted by atomic mass is 32.1. The first-order valence-electron chi connectivity index (χ1n) is 6.01. The first kappa shape index (κ1) is 11.2. The second-order valence-corrected chi connectivity index (χ2v) is 5.98. The first-order valence-corrected chi connectivity index (χ1v) is 6.89. The van der Waals surface area contributed by atoms with Crippen LogP contribution in [0.3, 0.4) is 0 Å². The van der Waals surface area contributed by atoms with E-state index in [2.05, 4.69) is 25.3 Å². The zero-order chi connectivity index (χ0) is 10.8. The van der Waals surface area contributed by atoms with Gasteiger partial charge in [0.15, 0.2) is 0 Å². The first-order chi connectivity index (χ1) is 7.20. The minimum absolute atomic E-state index is 0.284. The molecule has 1 aromatic heterocycles. The fraction of sp³-hybridized carbons (Fsp3) is 0.692.